The van der Waals surface area contributed by atoms with Gasteiger partial charge in [0.15, 0.2) is 0 Å². The number of likely N-dealkylation sites (N-methyl/N-ethyl adjacent to an activating group) is 1. The van der Waals surface area contributed by atoms with Gasteiger partial charge in [-0.3, -0.25) is 14.5 Å². The third-order valence-corrected chi connectivity index (χ3v) is 5.71. The fourth-order valence-corrected chi connectivity index (χ4v) is 3.51. The van der Waals surface area contributed by atoms with Gasteiger partial charge in [-0.05, 0) is 29.7 Å². The van der Waals surface area contributed by atoms with E-state index in [0.717, 1.165) is 5.56 Å². The molecule has 1 aromatic rings. The minimum Gasteiger partial charge on any atom is -0.480 e. The van der Waals surface area contributed by atoms with Crippen molar-refractivity contribution in [3.05, 3.63) is 40.3 Å². The molecule has 2 amide bonds. The summed E-state index contributed by atoms with van der Waals surface area (Å²) in [4.78, 5) is 37.6. The number of nitrogens with one attached hydrogen (secondary N) is 1. The van der Waals surface area contributed by atoms with E-state index in [-0.39, 0.29) is 11.8 Å². The highest BCUT2D eigenvalue weighted by Crippen LogP contribution is 2.31. The van der Waals surface area contributed by atoms with Gasteiger partial charge in [0.2, 0.25) is 0 Å². The molecule has 1 aliphatic heterocycles. The number of carbonyl (C=O) groups is 3. The Morgan fingerprint density at radius 1 is 1.35 bits per heavy atom. The van der Waals surface area contributed by atoms with Crippen molar-refractivity contribution in [3.8, 4) is 0 Å². The van der Waals surface area contributed by atoms with E-state index in [0.29, 0.717) is 21.2 Å². The molecule has 2 rings (SSSR count). The number of thiocarbonyl (C=S) groups is 1. The molecule has 1 saturated heterocycles. The normalized spacial score (nSPS) is 18.1. The second kappa shape index (κ2) is 8.46. The zero-order chi connectivity index (χ0) is 19.4. The van der Waals surface area contributed by atoms with Crippen molar-refractivity contribution in [1.29, 1.82) is 0 Å². The van der Waals surface area contributed by atoms with Gasteiger partial charge in [0.1, 0.15) is 10.4 Å². The van der Waals surface area contributed by atoms with E-state index in [4.69, 9.17) is 12.2 Å². The van der Waals surface area contributed by atoms with E-state index in [1.807, 2.05) is 6.92 Å². The number of hydrogen-bond acceptors (Lipinski definition) is 5. The first-order valence-corrected chi connectivity index (χ1v) is 9.32. The summed E-state index contributed by atoms with van der Waals surface area (Å²) >= 11 is 6.31. The molecule has 0 spiro atoms. The Hall–Kier alpha value is -2.19. The van der Waals surface area contributed by atoms with Crippen LogP contribution in [-0.4, -0.2) is 45.2 Å². The first-order valence-electron chi connectivity index (χ1n) is 8.09. The monoisotopic (exact) mass is 392 g/mol. The highest BCUT2D eigenvalue weighted by molar-refractivity contribution is 8.26. The van der Waals surface area contributed by atoms with E-state index in [2.05, 4.69) is 5.32 Å². The molecule has 2 atom stereocenters. The maximum absolute atomic E-state index is 12.3. The third kappa shape index (κ3) is 4.50. The van der Waals surface area contributed by atoms with Crippen LogP contribution >= 0.6 is 24.0 Å². The Bertz CT molecular complexity index is 774. The Morgan fingerprint density at radius 2 is 1.96 bits per heavy atom. The fraction of sp³-hybridized carbons (Fsp3) is 0.333. The maximum Gasteiger partial charge on any atom is 0.326 e. The first-order chi connectivity index (χ1) is 12.2. The highest BCUT2D eigenvalue weighted by Gasteiger charge is 2.29. The number of carbonyl (C=O) groups excluding carboxylic acids is 2. The number of hydrogen-bond donors (Lipinski definition) is 2. The summed E-state index contributed by atoms with van der Waals surface area (Å²) in [6, 6.07) is 5.68. The highest BCUT2D eigenvalue weighted by atomic mass is 32.2. The molecule has 0 aromatic heterocycles. The molecule has 26 heavy (non-hydrogen) atoms. The largest absolute Gasteiger partial charge is 0.480 e. The summed E-state index contributed by atoms with van der Waals surface area (Å²) in [5.41, 5.74) is 1.12. The minimum atomic E-state index is -1.05. The van der Waals surface area contributed by atoms with Gasteiger partial charge >= 0.3 is 5.97 Å². The van der Waals surface area contributed by atoms with Crippen LogP contribution in [0.1, 0.15) is 36.2 Å². The van der Waals surface area contributed by atoms with Crippen LogP contribution in [0.5, 0.6) is 0 Å². The summed E-state index contributed by atoms with van der Waals surface area (Å²) in [5, 5.41) is 11.8. The Balaban J connectivity index is 2.12. The predicted molar refractivity (Wildman–Crippen MR) is 106 cm³/mol. The van der Waals surface area contributed by atoms with Crippen LogP contribution in [-0.2, 0) is 9.59 Å². The molecule has 1 fully saturated rings. The number of carboxylic acids is 1. The van der Waals surface area contributed by atoms with E-state index >= 15 is 0 Å². The topological polar surface area (TPSA) is 86.7 Å². The SMILES string of the molecule is CC[C@H](C)[C@H](NC(=O)c1ccc(/C=C2/SC(=S)N(C)C2=O)cc1)C(=O)O. The molecule has 138 valence electrons. The van der Waals surface area contributed by atoms with Crippen molar-refractivity contribution in [2.45, 2.75) is 26.3 Å². The van der Waals surface area contributed by atoms with Crippen LogP contribution in [0.2, 0.25) is 0 Å². The Kier molecular flexibility index (Phi) is 6.55. The number of carboxylic acid groups (broad SMARTS) is 1. The van der Waals surface area contributed by atoms with Crippen LogP contribution < -0.4 is 5.32 Å². The minimum absolute atomic E-state index is 0.153. The van der Waals surface area contributed by atoms with Crippen LogP contribution in [0, 0.1) is 5.92 Å². The molecule has 1 aromatic carbocycles. The second-order valence-electron chi connectivity index (χ2n) is 6.04. The lowest BCUT2D eigenvalue weighted by Gasteiger charge is -2.20. The summed E-state index contributed by atoms with van der Waals surface area (Å²) in [6.45, 7) is 3.66. The molecule has 8 heteroatoms. The first kappa shape index (κ1) is 20.1. The fourth-order valence-electron chi connectivity index (χ4n) is 2.34. The lowest BCUT2D eigenvalue weighted by Crippen LogP contribution is -2.45. The van der Waals surface area contributed by atoms with Crippen molar-refractivity contribution in [2.75, 3.05) is 7.05 Å². The van der Waals surface area contributed by atoms with Gasteiger partial charge in [-0.25, -0.2) is 4.79 Å². The molecule has 1 aliphatic rings. The molecule has 0 saturated carbocycles. The van der Waals surface area contributed by atoms with Crippen molar-refractivity contribution in [1.82, 2.24) is 10.2 Å². The van der Waals surface area contributed by atoms with Crippen molar-refractivity contribution in [2.24, 2.45) is 5.92 Å². The number of rotatable bonds is 6. The van der Waals surface area contributed by atoms with Gasteiger partial charge < -0.3 is 10.4 Å². The van der Waals surface area contributed by atoms with Crippen molar-refractivity contribution < 1.29 is 19.5 Å². The zero-order valence-electron chi connectivity index (χ0n) is 14.7. The predicted octanol–water partition coefficient (Wildman–Crippen LogP) is 2.75. The van der Waals surface area contributed by atoms with E-state index in [1.165, 1.54) is 16.7 Å². The van der Waals surface area contributed by atoms with E-state index in [1.54, 1.807) is 44.3 Å². The number of thioether (sulfide) groups is 1. The van der Waals surface area contributed by atoms with E-state index < -0.39 is 17.9 Å². The van der Waals surface area contributed by atoms with Gasteiger partial charge in [-0.2, -0.15) is 0 Å². The lowest BCUT2D eigenvalue weighted by atomic mass is 9.99. The summed E-state index contributed by atoms with van der Waals surface area (Å²) in [5.74, 6) is -1.82. The van der Waals surface area contributed by atoms with Crippen LogP contribution in [0.3, 0.4) is 0 Å². The van der Waals surface area contributed by atoms with Gasteiger partial charge in [0, 0.05) is 12.6 Å². The second-order valence-corrected chi connectivity index (χ2v) is 7.71. The molecule has 0 radical (unpaired) electrons. The van der Waals surface area contributed by atoms with Crippen LogP contribution in [0.25, 0.3) is 6.08 Å². The molecule has 1 heterocycles. The maximum atomic E-state index is 12.3. The molecule has 6 nitrogen and oxygen atoms in total. The van der Waals surface area contributed by atoms with E-state index in [9.17, 15) is 19.5 Å². The van der Waals surface area contributed by atoms with Crippen LogP contribution in [0.15, 0.2) is 29.2 Å². The lowest BCUT2D eigenvalue weighted by molar-refractivity contribution is -0.140. The zero-order valence-corrected chi connectivity index (χ0v) is 16.3. The standard InChI is InChI=1S/C18H20N2O4S2/c1-4-10(2)14(17(23)24)19-15(21)12-7-5-11(6-8-12)9-13-16(22)20(3)18(25)26-13/h5-10,14H,4H2,1-3H3,(H,19,21)(H,23,24)/b13-9+/t10-,14-/m0/s1. The molecular weight excluding hydrogens is 372 g/mol. The average molecular weight is 393 g/mol. The van der Waals surface area contributed by atoms with Gasteiger partial charge in [0.25, 0.3) is 11.8 Å². The molecule has 0 bridgehead atoms. The van der Waals surface area contributed by atoms with Crippen LogP contribution in [0.4, 0.5) is 0 Å². The third-order valence-electron chi connectivity index (χ3n) is 4.22. The van der Waals surface area contributed by atoms with Gasteiger partial charge in [-0.15, -0.1) is 0 Å². The number of aliphatic carboxylic acids is 1. The number of nitrogens with zero attached hydrogens (tertiary/aromatic N) is 1. The summed E-state index contributed by atoms with van der Waals surface area (Å²) < 4.78 is 0.502. The average Bonchev–Trinajstić information content (AvgIpc) is 2.86. The summed E-state index contributed by atoms with van der Waals surface area (Å²) in [7, 11) is 1.63. The number of amides is 2. The molecule has 2 N–H and O–H groups in total. The number of benzene rings is 1. The molecular formula is C18H20N2O4S2. The van der Waals surface area contributed by atoms with Gasteiger partial charge in [-0.1, -0.05) is 56.4 Å². The van der Waals surface area contributed by atoms with Crippen molar-refractivity contribution >= 4 is 52.2 Å². The molecule has 0 unspecified atom stereocenters. The van der Waals surface area contributed by atoms with Crippen molar-refractivity contribution in [3.63, 3.8) is 0 Å². The summed E-state index contributed by atoms with van der Waals surface area (Å²) in [6.07, 6.45) is 2.36. The Morgan fingerprint density at radius 3 is 2.42 bits per heavy atom. The smallest absolute Gasteiger partial charge is 0.326 e. The quantitative estimate of drug-likeness (QED) is 0.572. The molecule has 0 aliphatic carbocycles. The van der Waals surface area contributed by atoms with Gasteiger partial charge in [0.05, 0.1) is 4.91 Å². The Labute approximate surface area is 161 Å².